The van der Waals surface area contributed by atoms with E-state index in [2.05, 4.69) is 9.64 Å². The Morgan fingerprint density at radius 3 is 2.07 bits per heavy atom. The number of ether oxygens (including phenoxy) is 3. The zero-order valence-electron chi connectivity index (χ0n) is 23.5. The maximum Gasteiger partial charge on any atom is 0.573 e. The van der Waals surface area contributed by atoms with Crippen molar-refractivity contribution in [3.63, 3.8) is 0 Å². The second-order valence-electron chi connectivity index (χ2n) is 10.2. The number of carboxylic acids is 2. The maximum absolute atomic E-state index is 13.4. The Kier molecular flexibility index (Phi) is 12.3. The van der Waals surface area contributed by atoms with Gasteiger partial charge in [0.25, 0.3) is 0 Å². The van der Waals surface area contributed by atoms with E-state index in [1.54, 1.807) is 12.1 Å². The molecule has 236 valence electrons. The topological polar surface area (TPSA) is 126 Å². The molecule has 2 heterocycles. The van der Waals surface area contributed by atoms with Crippen molar-refractivity contribution in [3.05, 3.63) is 65.5 Å². The van der Waals surface area contributed by atoms with E-state index < -0.39 is 18.3 Å². The summed E-state index contributed by atoms with van der Waals surface area (Å²) >= 11 is 0. The highest BCUT2D eigenvalue weighted by atomic mass is 19.4. The van der Waals surface area contributed by atoms with Crippen LogP contribution in [0.5, 0.6) is 5.75 Å². The van der Waals surface area contributed by atoms with Gasteiger partial charge in [-0.3, -0.25) is 4.79 Å². The lowest BCUT2D eigenvalue weighted by atomic mass is 10.0. The van der Waals surface area contributed by atoms with Gasteiger partial charge in [-0.15, -0.1) is 13.2 Å². The van der Waals surface area contributed by atoms with E-state index in [-0.39, 0.29) is 42.3 Å². The summed E-state index contributed by atoms with van der Waals surface area (Å²) in [5.74, 6) is -4.46. The van der Waals surface area contributed by atoms with Gasteiger partial charge < -0.3 is 34.2 Å². The summed E-state index contributed by atoms with van der Waals surface area (Å²) in [6.07, 6.45) is -2.41. The summed E-state index contributed by atoms with van der Waals surface area (Å²) in [6, 6.07) is 11.4. The average molecular weight is 615 g/mol. The summed E-state index contributed by atoms with van der Waals surface area (Å²) < 4.78 is 66.0. The molecule has 2 fully saturated rings. The van der Waals surface area contributed by atoms with Crippen LogP contribution in [-0.2, 0) is 36.8 Å². The number of carbonyl (C=O) groups is 3. The minimum Gasteiger partial charge on any atom is -0.473 e. The molecule has 2 aromatic carbocycles. The number of alkyl halides is 3. The van der Waals surface area contributed by atoms with Gasteiger partial charge in [-0.05, 0) is 55.2 Å². The van der Waals surface area contributed by atoms with Gasteiger partial charge in [0, 0.05) is 38.6 Å². The molecule has 0 aromatic heterocycles. The highest BCUT2D eigenvalue weighted by molar-refractivity contribution is 6.27. The number of piperidine rings is 1. The average Bonchev–Trinajstić information content (AvgIpc) is 3.37. The quantitative estimate of drug-likeness (QED) is 0.318. The van der Waals surface area contributed by atoms with Gasteiger partial charge in [-0.1, -0.05) is 24.3 Å². The molecule has 0 spiro atoms. The van der Waals surface area contributed by atoms with Gasteiger partial charge in [0.05, 0.1) is 19.1 Å². The van der Waals surface area contributed by atoms with Crippen molar-refractivity contribution >= 4 is 17.8 Å². The summed E-state index contributed by atoms with van der Waals surface area (Å²) in [6.45, 7) is 5.43. The van der Waals surface area contributed by atoms with E-state index in [4.69, 9.17) is 29.3 Å². The number of halogens is 4. The third-order valence-electron chi connectivity index (χ3n) is 6.86. The molecular formula is C29H34F4N2O8. The second kappa shape index (κ2) is 15.6. The molecule has 2 atom stereocenters. The Balaban J connectivity index is 0.000000765. The molecule has 2 aliphatic heterocycles. The molecule has 14 heteroatoms. The van der Waals surface area contributed by atoms with Crippen LogP contribution in [0.3, 0.4) is 0 Å². The van der Waals surface area contributed by atoms with Crippen molar-refractivity contribution in [1.82, 2.24) is 9.80 Å². The fourth-order valence-electron chi connectivity index (χ4n) is 4.77. The van der Waals surface area contributed by atoms with Gasteiger partial charge in [-0.25, -0.2) is 14.0 Å². The molecule has 2 N–H and O–H groups in total. The standard InChI is InChI=1S/C27H32F4N2O4.C2H2O4/c1-19-18-35-26(36-19)12-15-32-13-10-23(11-14-32)33(17-21-2-6-22(28)7-3-21)25(34)16-20-4-8-24(9-5-20)37-27(29,30)31;3-1(4)2(5)6/h2-9,19,23,26H,10-18H2,1H3;(H,3,4)(H,5,6)/t19?,26-;/m0./s1. The molecule has 10 nitrogen and oxygen atoms in total. The minimum absolute atomic E-state index is 0.000594. The van der Waals surface area contributed by atoms with Gasteiger partial charge in [-0.2, -0.15) is 0 Å². The first-order valence-corrected chi connectivity index (χ1v) is 13.6. The molecule has 2 saturated heterocycles. The Hall–Kier alpha value is -3.75. The number of nitrogens with zero attached hydrogens (tertiary/aromatic N) is 2. The van der Waals surface area contributed by atoms with Gasteiger partial charge in [0.2, 0.25) is 5.91 Å². The van der Waals surface area contributed by atoms with Crippen molar-refractivity contribution in [2.45, 2.75) is 63.9 Å². The lowest BCUT2D eigenvalue weighted by Gasteiger charge is -2.39. The van der Waals surface area contributed by atoms with Crippen LogP contribution in [0.2, 0.25) is 0 Å². The molecule has 43 heavy (non-hydrogen) atoms. The monoisotopic (exact) mass is 614 g/mol. The molecule has 0 saturated carbocycles. The number of rotatable bonds is 9. The Labute approximate surface area is 245 Å². The van der Waals surface area contributed by atoms with Crippen LogP contribution in [0.15, 0.2) is 48.5 Å². The predicted molar refractivity (Wildman–Crippen MR) is 143 cm³/mol. The van der Waals surface area contributed by atoms with Gasteiger partial charge >= 0.3 is 18.3 Å². The number of hydrogen-bond donors (Lipinski definition) is 2. The number of hydrogen-bond acceptors (Lipinski definition) is 7. The van der Waals surface area contributed by atoms with Crippen molar-refractivity contribution in [3.8, 4) is 5.75 Å². The molecule has 1 unspecified atom stereocenters. The molecule has 2 aromatic rings. The second-order valence-corrected chi connectivity index (χ2v) is 10.2. The van der Waals surface area contributed by atoms with Crippen LogP contribution >= 0.6 is 0 Å². The summed E-state index contributed by atoms with van der Waals surface area (Å²) in [5.41, 5.74) is 1.41. The van der Waals surface area contributed by atoms with E-state index in [9.17, 15) is 22.4 Å². The highest BCUT2D eigenvalue weighted by Crippen LogP contribution is 2.25. The van der Waals surface area contributed by atoms with Crippen molar-refractivity contribution in [2.75, 3.05) is 26.2 Å². The maximum atomic E-state index is 13.4. The molecular weight excluding hydrogens is 580 g/mol. The van der Waals surface area contributed by atoms with E-state index >= 15 is 0 Å². The Bertz CT molecular complexity index is 1190. The highest BCUT2D eigenvalue weighted by Gasteiger charge is 2.32. The summed E-state index contributed by atoms with van der Waals surface area (Å²) in [4.78, 5) is 35.8. The molecule has 0 aliphatic carbocycles. The van der Waals surface area contributed by atoms with Crippen molar-refractivity contribution in [1.29, 1.82) is 0 Å². The van der Waals surface area contributed by atoms with Crippen LogP contribution < -0.4 is 4.74 Å². The normalized spacial score (nSPS) is 19.3. The molecule has 1 amide bonds. The van der Waals surface area contributed by atoms with E-state index in [0.29, 0.717) is 18.7 Å². The zero-order valence-corrected chi connectivity index (χ0v) is 23.5. The van der Waals surface area contributed by atoms with Crippen molar-refractivity contribution in [2.24, 2.45) is 0 Å². The van der Waals surface area contributed by atoms with E-state index in [1.165, 1.54) is 36.4 Å². The molecule has 4 rings (SSSR count). The minimum atomic E-state index is -4.77. The van der Waals surface area contributed by atoms with Crippen LogP contribution in [-0.4, -0.2) is 88.9 Å². The SMILES string of the molecule is CC1CO[C@H](CCN2CCC(N(Cc3ccc(F)cc3)C(=O)Cc3ccc(OC(F)(F)F)cc3)CC2)O1.O=C(O)C(=O)O. The Morgan fingerprint density at radius 2 is 1.56 bits per heavy atom. The smallest absolute Gasteiger partial charge is 0.473 e. The lowest BCUT2D eigenvalue weighted by Crippen LogP contribution is -2.48. The first-order valence-electron chi connectivity index (χ1n) is 13.6. The number of carboxylic acid groups (broad SMARTS) is 2. The third-order valence-corrected chi connectivity index (χ3v) is 6.86. The predicted octanol–water partition coefficient (Wildman–Crippen LogP) is 4.07. The third kappa shape index (κ3) is 11.8. The number of amides is 1. The van der Waals surface area contributed by atoms with Gasteiger partial charge in [0.1, 0.15) is 11.6 Å². The fourth-order valence-corrected chi connectivity index (χ4v) is 4.77. The summed E-state index contributed by atoms with van der Waals surface area (Å²) in [7, 11) is 0. The first kappa shape index (κ1) is 33.7. The summed E-state index contributed by atoms with van der Waals surface area (Å²) in [5, 5.41) is 14.8. The van der Waals surface area contributed by atoms with Gasteiger partial charge in [0.15, 0.2) is 6.29 Å². The van der Waals surface area contributed by atoms with E-state index in [0.717, 1.165) is 44.5 Å². The van der Waals surface area contributed by atoms with Crippen molar-refractivity contribution < 1.29 is 56.4 Å². The lowest BCUT2D eigenvalue weighted by molar-refractivity contribution is -0.274. The largest absolute Gasteiger partial charge is 0.573 e. The fraction of sp³-hybridized carbons (Fsp3) is 0.483. The molecule has 0 bridgehead atoms. The first-order chi connectivity index (χ1) is 20.3. The van der Waals surface area contributed by atoms with Crippen LogP contribution in [0.1, 0.15) is 37.3 Å². The number of likely N-dealkylation sites (tertiary alicyclic amines) is 1. The number of carbonyl (C=O) groups excluding carboxylic acids is 1. The Morgan fingerprint density at radius 1 is 0.977 bits per heavy atom. The van der Waals surface area contributed by atoms with Crippen LogP contribution in [0.4, 0.5) is 17.6 Å². The number of aliphatic carboxylic acids is 2. The van der Waals surface area contributed by atoms with Crippen LogP contribution in [0.25, 0.3) is 0 Å². The number of benzene rings is 2. The van der Waals surface area contributed by atoms with Crippen LogP contribution in [0, 0.1) is 5.82 Å². The molecule has 0 radical (unpaired) electrons. The van der Waals surface area contributed by atoms with E-state index in [1.807, 2.05) is 11.8 Å². The zero-order chi connectivity index (χ0) is 31.6. The molecule has 2 aliphatic rings.